The molecule has 5 nitrogen and oxygen atoms in total. The van der Waals surface area contributed by atoms with Gasteiger partial charge in [0, 0.05) is 38.3 Å². The first kappa shape index (κ1) is 19.9. The monoisotopic (exact) mass is 394 g/mol. The number of carbonyl (C=O) groups excluding carboxylic acids is 1. The highest BCUT2D eigenvalue weighted by Crippen LogP contribution is 2.35. The molecule has 2 aliphatic heterocycles. The summed E-state index contributed by atoms with van der Waals surface area (Å²) in [6, 6.07) is 16.6. The number of fused-ring (bicyclic) bond motifs is 1. The fourth-order valence-corrected chi connectivity index (χ4v) is 4.12. The molecule has 5 heteroatoms. The van der Waals surface area contributed by atoms with Gasteiger partial charge in [-0.3, -0.25) is 4.79 Å². The topological polar surface area (TPSA) is 50.8 Å². The molecule has 0 aliphatic carbocycles. The first-order chi connectivity index (χ1) is 14.0. The Morgan fingerprint density at radius 2 is 2.03 bits per heavy atom. The normalized spacial score (nSPS) is 21.3. The van der Waals surface area contributed by atoms with Gasteiger partial charge in [0.25, 0.3) is 0 Å². The number of Topliss-reactive ketones (excluding diaryl/α,β-unsaturated/α-hetero) is 1. The molecule has 0 spiro atoms. The Kier molecular flexibility index (Phi) is 5.88. The van der Waals surface area contributed by atoms with Crippen molar-refractivity contribution in [3.05, 3.63) is 59.7 Å². The molecule has 0 bridgehead atoms. The second-order valence-corrected chi connectivity index (χ2v) is 8.54. The lowest BCUT2D eigenvalue weighted by Gasteiger charge is -2.34. The van der Waals surface area contributed by atoms with Crippen LogP contribution in [0.1, 0.15) is 48.7 Å². The van der Waals surface area contributed by atoms with E-state index in [1.54, 1.807) is 0 Å². The van der Waals surface area contributed by atoms with E-state index in [-0.39, 0.29) is 5.78 Å². The zero-order valence-corrected chi connectivity index (χ0v) is 17.3. The summed E-state index contributed by atoms with van der Waals surface area (Å²) in [6.07, 6.45) is 1.37. The second-order valence-electron chi connectivity index (χ2n) is 8.54. The van der Waals surface area contributed by atoms with Crippen LogP contribution in [0.25, 0.3) is 0 Å². The molecule has 0 radical (unpaired) electrons. The van der Waals surface area contributed by atoms with Crippen molar-refractivity contribution < 1.29 is 14.3 Å². The van der Waals surface area contributed by atoms with E-state index in [1.807, 2.05) is 32.0 Å². The summed E-state index contributed by atoms with van der Waals surface area (Å²) in [6.45, 7) is 8.64. The molecule has 2 aliphatic rings. The molecule has 2 aromatic rings. The van der Waals surface area contributed by atoms with Gasteiger partial charge >= 0.3 is 0 Å². The Morgan fingerprint density at radius 3 is 2.86 bits per heavy atom. The van der Waals surface area contributed by atoms with Crippen molar-refractivity contribution in [2.45, 2.75) is 38.3 Å². The quantitative estimate of drug-likeness (QED) is 0.755. The van der Waals surface area contributed by atoms with Gasteiger partial charge < -0.3 is 19.7 Å². The van der Waals surface area contributed by atoms with Gasteiger partial charge in [-0.05, 0) is 38.0 Å². The second kappa shape index (κ2) is 8.56. The van der Waals surface area contributed by atoms with E-state index < -0.39 is 5.60 Å². The maximum atomic E-state index is 12.2. The van der Waals surface area contributed by atoms with Crippen molar-refractivity contribution >= 4 is 5.78 Å². The van der Waals surface area contributed by atoms with E-state index in [2.05, 4.69) is 40.5 Å². The molecule has 1 fully saturated rings. The fourth-order valence-electron chi connectivity index (χ4n) is 4.12. The lowest BCUT2D eigenvalue weighted by atomic mass is 9.93. The maximum absolute atomic E-state index is 12.2. The lowest BCUT2D eigenvalue weighted by molar-refractivity contribution is 0.0618. The van der Waals surface area contributed by atoms with Crippen LogP contribution >= 0.6 is 0 Å². The summed E-state index contributed by atoms with van der Waals surface area (Å²) in [7, 11) is 0. The van der Waals surface area contributed by atoms with Crippen molar-refractivity contribution in [2.75, 3.05) is 32.8 Å². The number of benzene rings is 2. The largest absolute Gasteiger partial charge is 0.493 e. The standard InChI is InChI=1S/C24H30N2O3/c1-24(2)16-22(27)20-10-9-19(15-23(20)29-24)28-14-6-12-26-13-11-25-21(17-26)18-7-4-3-5-8-18/h3-5,7-10,15,21,25H,6,11-14,16-17H2,1-2H3. The fraction of sp³-hybridized carbons (Fsp3) is 0.458. The molecule has 0 amide bonds. The smallest absolute Gasteiger partial charge is 0.170 e. The van der Waals surface area contributed by atoms with Crippen LogP contribution in [0.15, 0.2) is 48.5 Å². The highest BCUT2D eigenvalue weighted by molar-refractivity contribution is 6.00. The van der Waals surface area contributed by atoms with E-state index in [4.69, 9.17) is 9.47 Å². The average molecular weight is 395 g/mol. The lowest BCUT2D eigenvalue weighted by Crippen LogP contribution is -2.46. The minimum Gasteiger partial charge on any atom is -0.493 e. The van der Waals surface area contributed by atoms with Gasteiger partial charge in [0.1, 0.15) is 17.1 Å². The number of rotatable bonds is 6. The number of ketones is 1. The molecule has 0 saturated carbocycles. The number of hydrogen-bond acceptors (Lipinski definition) is 5. The van der Waals surface area contributed by atoms with Gasteiger partial charge in [-0.15, -0.1) is 0 Å². The van der Waals surface area contributed by atoms with Gasteiger partial charge in [0.2, 0.25) is 0 Å². The van der Waals surface area contributed by atoms with Gasteiger partial charge in [-0.2, -0.15) is 0 Å². The van der Waals surface area contributed by atoms with E-state index in [0.717, 1.165) is 38.3 Å². The van der Waals surface area contributed by atoms with E-state index >= 15 is 0 Å². The summed E-state index contributed by atoms with van der Waals surface area (Å²) >= 11 is 0. The summed E-state index contributed by atoms with van der Waals surface area (Å²) < 4.78 is 11.9. The summed E-state index contributed by atoms with van der Waals surface area (Å²) in [5.41, 5.74) is 1.55. The van der Waals surface area contributed by atoms with E-state index in [1.165, 1.54) is 5.56 Å². The van der Waals surface area contributed by atoms with Crippen molar-refractivity contribution in [2.24, 2.45) is 0 Å². The first-order valence-corrected chi connectivity index (χ1v) is 10.5. The van der Waals surface area contributed by atoms with Crippen molar-refractivity contribution in [1.82, 2.24) is 10.2 Å². The van der Waals surface area contributed by atoms with Crippen LogP contribution in [0, 0.1) is 0 Å². The zero-order valence-electron chi connectivity index (χ0n) is 17.3. The maximum Gasteiger partial charge on any atom is 0.170 e. The highest BCUT2D eigenvalue weighted by atomic mass is 16.5. The average Bonchev–Trinajstić information content (AvgIpc) is 2.71. The predicted octanol–water partition coefficient (Wildman–Crippen LogP) is 3.85. The Labute approximate surface area is 173 Å². The summed E-state index contributed by atoms with van der Waals surface area (Å²) in [4.78, 5) is 14.7. The molecule has 1 N–H and O–H groups in total. The Hall–Kier alpha value is -2.37. The molecule has 1 unspecified atom stereocenters. The minimum atomic E-state index is -0.458. The molecule has 2 heterocycles. The molecule has 154 valence electrons. The first-order valence-electron chi connectivity index (χ1n) is 10.5. The van der Waals surface area contributed by atoms with Crippen LogP contribution in [0.4, 0.5) is 0 Å². The molecule has 0 aromatic heterocycles. The third kappa shape index (κ3) is 4.98. The molecule has 4 rings (SSSR count). The SMILES string of the molecule is CC1(C)CC(=O)c2ccc(OCCCN3CCNC(c4ccccc4)C3)cc2O1. The van der Waals surface area contributed by atoms with Gasteiger partial charge in [0.05, 0.1) is 18.6 Å². The minimum absolute atomic E-state index is 0.134. The van der Waals surface area contributed by atoms with Gasteiger partial charge in [0.15, 0.2) is 5.78 Å². The third-order valence-electron chi connectivity index (χ3n) is 5.57. The van der Waals surface area contributed by atoms with Gasteiger partial charge in [-0.1, -0.05) is 30.3 Å². The predicted molar refractivity (Wildman–Crippen MR) is 114 cm³/mol. The Morgan fingerprint density at radius 1 is 1.21 bits per heavy atom. The number of ether oxygens (including phenoxy) is 2. The molecule has 1 saturated heterocycles. The number of piperazine rings is 1. The van der Waals surface area contributed by atoms with Gasteiger partial charge in [-0.25, -0.2) is 0 Å². The van der Waals surface area contributed by atoms with Crippen molar-refractivity contribution in [3.63, 3.8) is 0 Å². The zero-order chi connectivity index (χ0) is 20.3. The molecule has 1 atom stereocenters. The van der Waals surface area contributed by atoms with Crippen LogP contribution < -0.4 is 14.8 Å². The summed E-state index contributed by atoms with van der Waals surface area (Å²) in [5.74, 6) is 1.53. The van der Waals surface area contributed by atoms with E-state index in [9.17, 15) is 4.79 Å². The Balaban J connectivity index is 1.26. The van der Waals surface area contributed by atoms with Crippen LogP contribution in [-0.2, 0) is 0 Å². The van der Waals surface area contributed by atoms with Crippen LogP contribution in [0.5, 0.6) is 11.5 Å². The third-order valence-corrected chi connectivity index (χ3v) is 5.57. The van der Waals surface area contributed by atoms with E-state index in [0.29, 0.717) is 30.4 Å². The number of hydrogen-bond donors (Lipinski definition) is 1. The van der Waals surface area contributed by atoms with Crippen LogP contribution in [0.2, 0.25) is 0 Å². The number of nitrogens with zero attached hydrogens (tertiary/aromatic N) is 1. The number of nitrogens with one attached hydrogen (secondary N) is 1. The van der Waals surface area contributed by atoms with Crippen LogP contribution in [-0.4, -0.2) is 49.1 Å². The summed E-state index contributed by atoms with van der Waals surface area (Å²) in [5, 5.41) is 3.61. The molecule has 2 aromatic carbocycles. The molecular weight excluding hydrogens is 364 g/mol. The highest BCUT2D eigenvalue weighted by Gasteiger charge is 2.32. The molecule has 29 heavy (non-hydrogen) atoms. The molecular formula is C24H30N2O3. The van der Waals surface area contributed by atoms with Crippen molar-refractivity contribution in [1.29, 1.82) is 0 Å². The number of carbonyl (C=O) groups is 1. The van der Waals surface area contributed by atoms with Crippen molar-refractivity contribution in [3.8, 4) is 11.5 Å². The Bertz CT molecular complexity index is 850. The van der Waals surface area contributed by atoms with Crippen LogP contribution in [0.3, 0.4) is 0 Å².